The molecule has 0 bridgehead atoms. The number of methoxy groups -OCH3 is 1. The average Bonchev–Trinajstić information content (AvgIpc) is 3.02. The van der Waals surface area contributed by atoms with Gasteiger partial charge in [-0.3, -0.25) is 0 Å². The summed E-state index contributed by atoms with van der Waals surface area (Å²) in [6, 6.07) is 9.13. The number of aryl methyl sites for hydroxylation is 2. The maximum Gasteiger partial charge on any atom is 0.241 e. The van der Waals surface area contributed by atoms with Crippen molar-refractivity contribution in [3.8, 4) is 5.75 Å². The van der Waals surface area contributed by atoms with Gasteiger partial charge in [0.1, 0.15) is 0 Å². The van der Waals surface area contributed by atoms with E-state index in [4.69, 9.17) is 4.74 Å². The summed E-state index contributed by atoms with van der Waals surface area (Å²) in [6.45, 7) is 1.69. The van der Waals surface area contributed by atoms with E-state index in [-0.39, 0.29) is 10.6 Å². The molecule has 1 N–H and O–H groups in total. The Morgan fingerprint density at radius 2 is 1.88 bits per heavy atom. The fraction of sp³-hybridized carbons (Fsp3) is 0.333. The highest BCUT2D eigenvalue weighted by Gasteiger charge is 2.21. The molecule has 128 valence electrons. The van der Waals surface area contributed by atoms with Gasteiger partial charge in [0, 0.05) is 6.04 Å². The molecule has 4 nitrogen and oxygen atoms in total. The van der Waals surface area contributed by atoms with Crippen LogP contribution < -0.4 is 9.46 Å². The van der Waals surface area contributed by atoms with Gasteiger partial charge in [0.15, 0.2) is 11.6 Å². The minimum absolute atomic E-state index is 0.132. The summed E-state index contributed by atoms with van der Waals surface area (Å²) in [5.74, 6) is -0.383. The van der Waals surface area contributed by atoms with E-state index in [0.717, 1.165) is 24.8 Å². The minimum Gasteiger partial charge on any atom is -0.494 e. The van der Waals surface area contributed by atoms with E-state index in [1.54, 1.807) is 25.1 Å². The Balaban J connectivity index is 1.82. The molecule has 0 fully saturated rings. The molecule has 6 heteroatoms. The van der Waals surface area contributed by atoms with Crippen molar-refractivity contribution in [3.63, 3.8) is 0 Å². The summed E-state index contributed by atoms with van der Waals surface area (Å²) in [5, 5.41) is 0. The highest BCUT2D eigenvalue weighted by molar-refractivity contribution is 7.89. The number of fused-ring (bicyclic) bond motifs is 1. The maximum atomic E-state index is 13.8. The number of halogens is 1. The molecule has 24 heavy (non-hydrogen) atoms. The van der Waals surface area contributed by atoms with Crippen LogP contribution >= 0.6 is 0 Å². The van der Waals surface area contributed by atoms with Gasteiger partial charge in [0.25, 0.3) is 0 Å². The Hall–Kier alpha value is -1.92. The molecule has 0 spiro atoms. The number of hydrogen-bond donors (Lipinski definition) is 1. The zero-order valence-corrected chi connectivity index (χ0v) is 14.5. The van der Waals surface area contributed by atoms with Crippen LogP contribution in [0, 0.1) is 5.82 Å². The van der Waals surface area contributed by atoms with Crippen LogP contribution in [-0.4, -0.2) is 15.5 Å². The summed E-state index contributed by atoms with van der Waals surface area (Å²) >= 11 is 0. The lowest BCUT2D eigenvalue weighted by Gasteiger charge is -2.16. The van der Waals surface area contributed by atoms with E-state index < -0.39 is 21.9 Å². The minimum atomic E-state index is -3.66. The molecule has 0 radical (unpaired) electrons. The van der Waals surface area contributed by atoms with Gasteiger partial charge in [0.2, 0.25) is 10.0 Å². The number of nitrogens with one attached hydrogen (secondary N) is 1. The predicted octanol–water partition coefficient (Wildman–Crippen LogP) is 3.36. The molecule has 0 saturated heterocycles. The van der Waals surface area contributed by atoms with Crippen LogP contribution in [0.15, 0.2) is 41.3 Å². The number of ether oxygens (including phenoxy) is 1. The number of benzene rings is 2. The lowest BCUT2D eigenvalue weighted by atomic mass is 10.1. The number of hydrogen-bond acceptors (Lipinski definition) is 3. The molecule has 1 aliphatic rings. The first-order valence-electron chi connectivity index (χ1n) is 7.88. The SMILES string of the molecule is COc1ccc(C(C)NS(=O)(=O)c2ccc3c(c2)CCC3)cc1F. The van der Waals surface area contributed by atoms with Gasteiger partial charge in [-0.1, -0.05) is 12.1 Å². The lowest BCUT2D eigenvalue weighted by Crippen LogP contribution is -2.27. The molecule has 0 aromatic heterocycles. The third-order valence-electron chi connectivity index (χ3n) is 4.39. The third kappa shape index (κ3) is 3.30. The molecule has 0 aliphatic heterocycles. The summed E-state index contributed by atoms with van der Waals surface area (Å²) < 4.78 is 46.5. The normalized spacial score (nSPS) is 15.1. The second-order valence-electron chi connectivity index (χ2n) is 6.02. The quantitative estimate of drug-likeness (QED) is 0.900. The van der Waals surface area contributed by atoms with Crippen molar-refractivity contribution in [2.24, 2.45) is 0 Å². The van der Waals surface area contributed by atoms with Crippen molar-refractivity contribution in [2.45, 2.75) is 37.1 Å². The summed E-state index contributed by atoms with van der Waals surface area (Å²) in [6.07, 6.45) is 2.98. The zero-order valence-electron chi connectivity index (χ0n) is 13.7. The van der Waals surface area contributed by atoms with Gasteiger partial charge in [-0.05, 0) is 67.1 Å². The standard InChI is InChI=1S/C18H20FNO3S/c1-12(14-7-9-18(23-2)17(19)11-14)20-24(21,22)16-8-6-13-4-3-5-15(13)10-16/h6-12,20H,3-5H2,1-2H3. The number of sulfonamides is 1. The first-order chi connectivity index (χ1) is 11.4. The first kappa shape index (κ1) is 16.9. The van der Waals surface area contributed by atoms with Gasteiger partial charge in [-0.2, -0.15) is 0 Å². The van der Waals surface area contributed by atoms with Crippen LogP contribution in [0.25, 0.3) is 0 Å². The maximum absolute atomic E-state index is 13.8. The van der Waals surface area contributed by atoms with Crippen molar-refractivity contribution in [2.75, 3.05) is 7.11 Å². The highest BCUT2D eigenvalue weighted by Crippen LogP contribution is 2.26. The molecule has 0 amide bonds. The van der Waals surface area contributed by atoms with Crippen molar-refractivity contribution >= 4 is 10.0 Å². The van der Waals surface area contributed by atoms with E-state index in [1.165, 1.54) is 24.8 Å². The third-order valence-corrected chi connectivity index (χ3v) is 5.93. The van der Waals surface area contributed by atoms with Crippen LogP contribution in [-0.2, 0) is 22.9 Å². The van der Waals surface area contributed by atoms with E-state index in [2.05, 4.69) is 4.72 Å². The van der Waals surface area contributed by atoms with Gasteiger partial charge < -0.3 is 4.74 Å². The Kier molecular flexibility index (Phi) is 4.60. The molecule has 1 atom stereocenters. The largest absolute Gasteiger partial charge is 0.494 e. The second-order valence-corrected chi connectivity index (χ2v) is 7.74. The fourth-order valence-corrected chi connectivity index (χ4v) is 4.32. The van der Waals surface area contributed by atoms with Crippen molar-refractivity contribution in [1.82, 2.24) is 4.72 Å². The molecule has 0 saturated carbocycles. The highest BCUT2D eigenvalue weighted by atomic mass is 32.2. The van der Waals surface area contributed by atoms with E-state index in [0.29, 0.717) is 5.56 Å². The molecule has 1 aliphatic carbocycles. The van der Waals surface area contributed by atoms with Gasteiger partial charge in [-0.15, -0.1) is 0 Å². The predicted molar refractivity (Wildman–Crippen MR) is 90.2 cm³/mol. The smallest absolute Gasteiger partial charge is 0.241 e. The summed E-state index contributed by atoms with van der Waals surface area (Å²) in [7, 11) is -2.27. The van der Waals surface area contributed by atoms with Crippen LogP contribution in [0.1, 0.15) is 36.1 Å². The van der Waals surface area contributed by atoms with Crippen LogP contribution in [0.5, 0.6) is 5.75 Å². The first-order valence-corrected chi connectivity index (χ1v) is 9.36. The van der Waals surface area contributed by atoms with Gasteiger partial charge in [-0.25, -0.2) is 17.5 Å². The summed E-state index contributed by atoms with van der Waals surface area (Å²) in [5.41, 5.74) is 2.86. The molecular weight excluding hydrogens is 329 g/mol. The van der Waals surface area contributed by atoms with Gasteiger partial charge in [0.05, 0.1) is 12.0 Å². The molecule has 1 unspecified atom stereocenters. The fourth-order valence-electron chi connectivity index (χ4n) is 3.04. The Morgan fingerprint density at radius 1 is 1.12 bits per heavy atom. The van der Waals surface area contributed by atoms with Crippen LogP contribution in [0.4, 0.5) is 4.39 Å². The van der Waals surface area contributed by atoms with Crippen molar-refractivity contribution in [3.05, 3.63) is 58.9 Å². The molecule has 3 rings (SSSR count). The monoisotopic (exact) mass is 349 g/mol. The molecule has 2 aromatic carbocycles. The Bertz CT molecular complexity index is 865. The van der Waals surface area contributed by atoms with Crippen molar-refractivity contribution < 1.29 is 17.5 Å². The Labute approximate surface area is 141 Å². The second kappa shape index (κ2) is 6.53. The molecular formula is C18H20FNO3S. The van der Waals surface area contributed by atoms with E-state index in [1.807, 2.05) is 6.07 Å². The lowest BCUT2D eigenvalue weighted by molar-refractivity contribution is 0.386. The van der Waals surface area contributed by atoms with Gasteiger partial charge >= 0.3 is 0 Å². The van der Waals surface area contributed by atoms with Crippen molar-refractivity contribution in [1.29, 1.82) is 0 Å². The summed E-state index contributed by atoms with van der Waals surface area (Å²) in [4.78, 5) is 0.254. The average molecular weight is 349 g/mol. The topological polar surface area (TPSA) is 55.4 Å². The van der Waals surface area contributed by atoms with Crippen LogP contribution in [0.3, 0.4) is 0 Å². The molecule has 0 heterocycles. The zero-order chi connectivity index (χ0) is 17.3. The van der Waals surface area contributed by atoms with E-state index >= 15 is 0 Å². The number of rotatable bonds is 5. The van der Waals surface area contributed by atoms with E-state index in [9.17, 15) is 12.8 Å². The Morgan fingerprint density at radius 3 is 2.58 bits per heavy atom. The molecule has 2 aromatic rings. The van der Waals surface area contributed by atoms with Crippen LogP contribution in [0.2, 0.25) is 0 Å².